The number of ether oxygens (including phenoxy) is 1. The van der Waals surface area contributed by atoms with E-state index in [1.54, 1.807) is 29.2 Å². The molecular formula is C25H23Cl2N3O4S. The molecule has 10 heteroatoms. The van der Waals surface area contributed by atoms with Crippen LogP contribution in [-0.2, 0) is 14.8 Å². The maximum atomic E-state index is 13.5. The zero-order valence-corrected chi connectivity index (χ0v) is 21.0. The number of hydrogen-bond donors (Lipinski definition) is 0. The smallest absolute Gasteiger partial charge is 0.265 e. The number of amides is 1. The average molecular weight is 532 g/mol. The number of nitrogens with zero attached hydrogens (tertiary/aromatic N) is 3. The number of fused-ring (bicyclic) bond motifs is 1. The summed E-state index contributed by atoms with van der Waals surface area (Å²) in [7, 11) is -3.94. The minimum atomic E-state index is -3.94. The molecule has 2 aliphatic heterocycles. The molecule has 0 saturated carbocycles. The minimum absolute atomic E-state index is 0.0972. The normalized spacial score (nSPS) is 18.1. The maximum absolute atomic E-state index is 13.5. The largest absolute Gasteiger partial charge is 0.476 e. The molecule has 35 heavy (non-hydrogen) atoms. The van der Waals surface area contributed by atoms with Gasteiger partial charge in [0, 0.05) is 41.9 Å². The number of hydrogen-bond acceptors (Lipinski definition) is 5. The molecule has 0 aromatic heterocycles. The van der Waals surface area contributed by atoms with Crippen molar-refractivity contribution in [1.82, 2.24) is 4.90 Å². The van der Waals surface area contributed by atoms with Gasteiger partial charge in [-0.1, -0.05) is 41.4 Å². The SMILES string of the molecule is O=C([C@@H]1CN(S(=O)(=O)c2ccc(Cl)cc2)c2ccccc2O1)N1CCN(c2cccc(Cl)c2)CC1. The number of carbonyl (C=O) groups is 1. The van der Waals surface area contributed by atoms with Gasteiger partial charge in [-0.2, -0.15) is 0 Å². The van der Waals surface area contributed by atoms with Crippen molar-refractivity contribution in [3.8, 4) is 5.75 Å². The zero-order valence-electron chi connectivity index (χ0n) is 18.7. The summed E-state index contributed by atoms with van der Waals surface area (Å²) in [6.07, 6.45) is -0.954. The van der Waals surface area contributed by atoms with Gasteiger partial charge in [-0.3, -0.25) is 9.10 Å². The van der Waals surface area contributed by atoms with Gasteiger partial charge in [-0.25, -0.2) is 8.42 Å². The Labute approximate surface area is 214 Å². The first-order chi connectivity index (χ1) is 16.8. The van der Waals surface area contributed by atoms with Crippen LogP contribution in [0.4, 0.5) is 11.4 Å². The second kappa shape index (κ2) is 9.60. The quantitative estimate of drug-likeness (QED) is 0.502. The van der Waals surface area contributed by atoms with Crippen LogP contribution in [0.2, 0.25) is 10.0 Å². The van der Waals surface area contributed by atoms with Crippen molar-refractivity contribution in [3.05, 3.63) is 82.8 Å². The van der Waals surface area contributed by atoms with Crippen LogP contribution in [0.5, 0.6) is 5.75 Å². The number of halogens is 2. The van der Waals surface area contributed by atoms with Crippen LogP contribution < -0.4 is 13.9 Å². The van der Waals surface area contributed by atoms with Crippen LogP contribution in [0.15, 0.2) is 77.7 Å². The van der Waals surface area contributed by atoms with Crippen molar-refractivity contribution in [2.24, 2.45) is 0 Å². The molecule has 0 unspecified atom stereocenters. The molecule has 2 heterocycles. The Bertz CT molecular complexity index is 1340. The topological polar surface area (TPSA) is 70.2 Å². The van der Waals surface area contributed by atoms with E-state index in [0.29, 0.717) is 47.7 Å². The summed E-state index contributed by atoms with van der Waals surface area (Å²) < 4.78 is 34.3. The molecule has 0 radical (unpaired) electrons. The molecule has 3 aromatic rings. The highest BCUT2D eigenvalue weighted by atomic mass is 35.5. The molecule has 1 amide bonds. The molecule has 0 aliphatic carbocycles. The van der Waals surface area contributed by atoms with Crippen molar-refractivity contribution < 1.29 is 17.9 Å². The van der Waals surface area contributed by atoms with E-state index in [4.69, 9.17) is 27.9 Å². The third-order valence-electron chi connectivity index (χ3n) is 6.18. The Balaban J connectivity index is 1.35. The molecule has 5 rings (SSSR count). The van der Waals surface area contributed by atoms with E-state index in [9.17, 15) is 13.2 Å². The van der Waals surface area contributed by atoms with Crippen LogP contribution in [-0.4, -0.2) is 58.1 Å². The molecule has 1 saturated heterocycles. The summed E-state index contributed by atoms with van der Waals surface area (Å²) >= 11 is 12.1. The second-order valence-electron chi connectivity index (χ2n) is 8.36. The number of benzene rings is 3. The number of sulfonamides is 1. The molecule has 0 N–H and O–H groups in total. The fraction of sp³-hybridized carbons (Fsp3) is 0.240. The zero-order chi connectivity index (χ0) is 24.6. The predicted octanol–water partition coefficient (Wildman–Crippen LogP) is 4.30. The van der Waals surface area contributed by atoms with Crippen molar-refractivity contribution >= 4 is 50.5 Å². The van der Waals surface area contributed by atoms with E-state index < -0.39 is 16.1 Å². The van der Waals surface area contributed by atoms with Crippen molar-refractivity contribution in [2.45, 2.75) is 11.0 Å². The second-order valence-corrected chi connectivity index (χ2v) is 11.1. The Hall–Kier alpha value is -2.94. The molecule has 2 aliphatic rings. The Kier molecular flexibility index (Phi) is 6.53. The monoisotopic (exact) mass is 531 g/mol. The summed E-state index contributed by atoms with van der Waals surface area (Å²) in [5, 5.41) is 1.11. The van der Waals surface area contributed by atoms with Crippen LogP contribution in [0.25, 0.3) is 0 Å². The van der Waals surface area contributed by atoms with E-state index in [1.165, 1.54) is 28.6 Å². The predicted molar refractivity (Wildman–Crippen MR) is 137 cm³/mol. The number of anilines is 2. The van der Waals surface area contributed by atoms with Gasteiger partial charge in [-0.05, 0) is 54.6 Å². The van der Waals surface area contributed by atoms with E-state index in [2.05, 4.69) is 4.90 Å². The summed E-state index contributed by atoms with van der Waals surface area (Å²) in [5.74, 6) is 0.119. The van der Waals surface area contributed by atoms with Gasteiger partial charge >= 0.3 is 0 Å². The molecule has 3 aromatic carbocycles. The standard InChI is InChI=1S/C25H23Cl2N3O4S/c26-18-8-10-21(11-9-18)35(32,33)30-17-24(34-23-7-2-1-6-22(23)30)25(31)29-14-12-28(13-15-29)20-5-3-4-19(27)16-20/h1-11,16,24H,12-15,17H2/t24-/m0/s1. The number of rotatable bonds is 4. The van der Waals surface area contributed by atoms with Crippen molar-refractivity contribution in [2.75, 3.05) is 41.9 Å². The third-order valence-corrected chi connectivity index (χ3v) is 8.46. The van der Waals surface area contributed by atoms with E-state index in [1.807, 2.05) is 24.3 Å². The van der Waals surface area contributed by atoms with E-state index >= 15 is 0 Å². The third kappa shape index (κ3) is 4.78. The highest BCUT2D eigenvalue weighted by molar-refractivity contribution is 7.92. The minimum Gasteiger partial charge on any atom is -0.476 e. The van der Waals surface area contributed by atoms with Gasteiger partial charge in [0.2, 0.25) is 0 Å². The van der Waals surface area contributed by atoms with Crippen LogP contribution >= 0.6 is 23.2 Å². The summed E-state index contributed by atoms with van der Waals surface area (Å²) in [6.45, 7) is 2.16. The van der Waals surface area contributed by atoms with Crippen LogP contribution in [0.3, 0.4) is 0 Å². The lowest BCUT2D eigenvalue weighted by molar-refractivity contribution is -0.138. The Morgan fingerprint density at radius 2 is 1.57 bits per heavy atom. The van der Waals surface area contributed by atoms with E-state index in [-0.39, 0.29) is 17.3 Å². The lowest BCUT2D eigenvalue weighted by atomic mass is 10.2. The molecule has 182 valence electrons. The van der Waals surface area contributed by atoms with Gasteiger partial charge in [0.05, 0.1) is 17.1 Å². The van der Waals surface area contributed by atoms with Gasteiger partial charge in [0.25, 0.3) is 15.9 Å². The fourth-order valence-corrected chi connectivity index (χ4v) is 6.14. The Morgan fingerprint density at radius 3 is 2.29 bits per heavy atom. The van der Waals surface area contributed by atoms with Gasteiger partial charge in [0.15, 0.2) is 6.10 Å². The number of piperazine rings is 1. The summed E-state index contributed by atoms with van der Waals surface area (Å²) in [5.41, 5.74) is 1.41. The fourth-order valence-electron chi connectivity index (χ4n) is 4.35. The van der Waals surface area contributed by atoms with Gasteiger partial charge in [-0.15, -0.1) is 0 Å². The Morgan fingerprint density at radius 1 is 0.857 bits per heavy atom. The summed E-state index contributed by atoms with van der Waals surface area (Å²) in [6, 6.07) is 20.4. The van der Waals surface area contributed by atoms with Crippen LogP contribution in [0.1, 0.15) is 0 Å². The van der Waals surface area contributed by atoms with E-state index in [0.717, 1.165) is 5.69 Å². The van der Waals surface area contributed by atoms with Gasteiger partial charge < -0.3 is 14.5 Å². The molecule has 1 atom stereocenters. The lowest BCUT2D eigenvalue weighted by Gasteiger charge is -2.40. The summed E-state index contributed by atoms with van der Waals surface area (Å²) in [4.78, 5) is 17.4. The van der Waals surface area contributed by atoms with Crippen LogP contribution in [0, 0.1) is 0 Å². The highest BCUT2D eigenvalue weighted by Gasteiger charge is 2.39. The maximum Gasteiger partial charge on any atom is 0.265 e. The molecular weight excluding hydrogens is 509 g/mol. The lowest BCUT2D eigenvalue weighted by Crippen LogP contribution is -2.56. The van der Waals surface area contributed by atoms with Crippen molar-refractivity contribution in [3.63, 3.8) is 0 Å². The first-order valence-corrected chi connectivity index (χ1v) is 13.4. The van der Waals surface area contributed by atoms with Crippen molar-refractivity contribution in [1.29, 1.82) is 0 Å². The molecule has 0 bridgehead atoms. The molecule has 7 nitrogen and oxygen atoms in total. The molecule has 0 spiro atoms. The molecule has 1 fully saturated rings. The highest BCUT2D eigenvalue weighted by Crippen LogP contribution is 2.37. The number of para-hydroxylation sites is 2. The van der Waals surface area contributed by atoms with Gasteiger partial charge in [0.1, 0.15) is 5.75 Å². The first-order valence-electron chi connectivity index (χ1n) is 11.2. The number of carbonyl (C=O) groups excluding carboxylic acids is 1. The first kappa shape index (κ1) is 23.8. The average Bonchev–Trinajstić information content (AvgIpc) is 2.88.